The summed E-state index contributed by atoms with van der Waals surface area (Å²) in [6.07, 6.45) is 10.8. The van der Waals surface area contributed by atoms with Gasteiger partial charge in [0.15, 0.2) is 0 Å². The zero-order valence-corrected chi connectivity index (χ0v) is 24.9. The van der Waals surface area contributed by atoms with Gasteiger partial charge in [-0.2, -0.15) is 0 Å². The Kier molecular flexibility index (Phi) is 10.5. The van der Waals surface area contributed by atoms with Crippen molar-refractivity contribution in [2.24, 2.45) is 51.9 Å². The minimum absolute atomic E-state index is 0.127. The van der Waals surface area contributed by atoms with Crippen LogP contribution in [-0.2, 0) is 9.68 Å². The van der Waals surface area contributed by atoms with Crippen molar-refractivity contribution in [3.8, 4) is 0 Å². The van der Waals surface area contributed by atoms with Crippen LogP contribution < -0.4 is 11.5 Å². The molecule has 10 unspecified atom stereocenters. The molecule has 2 bridgehead atoms. The van der Waals surface area contributed by atoms with Crippen LogP contribution in [0.5, 0.6) is 0 Å². The Bertz CT molecular complexity index is 843. The summed E-state index contributed by atoms with van der Waals surface area (Å²) in [5.74, 6) is 1.41. The Balaban J connectivity index is 1.94. The largest absolute Gasteiger partial charge is 0.330 e. The van der Waals surface area contributed by atoms with Gasteiger partial charge in [-0.05, 0) is 119 Å². The van der Waals surface area contributed by atoms with Crippen LogP contribution in [0.1, 0.15) is 118 Å². The van der Waals surface area contributed by atoms with Crippen LogP contribution in [0, 0.1) is 60.6 Å². The van der Waals surface area contributed by atoms with Crippen molar-refractivity contribution < 1.29 is 19.8 Å². The van der Waals surface area contributed by atoms with Crippen LogP contribution in [0.3, 0.4) is 0 Å². The molecule has 0 saturated heterocycles. The first-order valence-electron chi connectivity index (χ1n) is 15.4. The van der Waals surface area contributed by atoms with Crippen molar-refractivity contribution in [2.75, 3.05) is 6.54 Å². The van der Waals surface area contributed by atoms with E-state index >= 15 is 0 Å². The van der Waals surface area contributed by atoms with E-state index in [4.69, 9.17) is 21.1 Å². The summed E-state index contributed by atoms with van der Waals surface area (Å²) >= 11 is 0. The summed E-state index contributed by atoms with van der Waals surface area (Å²) < 4.78 is 0. The van der Waals surface area contributed by atoms with Gasteiger partial charge in [0.2, 0.25) is 0 Å². The van der Waals surface area contributed by atoms with E-state index in [0.717, 1.165) is 70.6 Å². The highest BCUT2D eigenvalue weighted by molar-refractivity contribution is 5.06. The fourth-order valence-corrected chi connectivity index (χ4v) is 10.0. The Morgan fingerprint density at radius 1 is 1.03 bits per heavy atom. The lowest BCUT2D eigenvalue weighted by Crippen LogP contribution is -2.59. The lowest BCUT2D eigenvalue weighted by atomic mass is 9.49. The number of nitrogens with zero attached hydrogens (tertiary/aromatic N) is 2. The summed E-state index contributed by atoms with van der Waals surface area (Å²) in [6, 6.07) is -0.267. The second kappa shape index (κ2) is 12.9. The molecule has 39 heavy (non-hydrogen) atoms. The lowest BCUT2D eigenvalue weighted by Gasteiger charge is -2.58. The maximum absolute atomic E-state index is 11.9. The zero-order chi connectivity index (χ0) is 29.0. The summed E-state index contributed by atoms with van der Waals surface area (Å²) in [5.41, 5.74) is 11.7. The van der Waals surface area contributed by atoms with Crippen molar-refractivity contribution in [3.05, 3.63) is 20.2 Å². The fraction of sp³-hybridized carbons (Fsp3) is 1.00. The van der Waals surface area contributed by atoms with E-state index in [0.29, 0.717) is 37.1 Å². The van der Waals surface area contributed by atoms with Crippen molar-refractivity contribution in [2.45, 2.75) is 136 Å². The van der Waals surface area contributed by atoms with Crippen molar-refractivity contribution in [1.29, 1.82) is 0 Å². The van der Waals surface area contributed by atoms with Crippen molar-refractivity contribution in [1.82, 2.24) is 0 Å². The Morgan fingerprint density at radius 2 is 1.72 bits per heavy atom. The molecule has 10 atom stereocenters. The van der Waals surface area contributed by atoms with E-state index in [-0.39, 0.29) is 28.7 Å². The highest BCUT2D eigenvalue weighted by atomic mass is 17.0. The van der Waals surface area contributed by atoms with Gasteiger partial charge in [-0.3, -0.25) is 0 Å². The minimum Gasteiger partial charge on any atom is -0.330 e. The molecule has 0 spiro atoms. The highest BCUT2D eigenvalue weighted by Gasteiger charge is 2.56. The summed E-state index contributed by atoms with van der Waals surface area (Å²) in [7, 11) is 0. The third-order valence-corrected chi connectivity index (χ3v) is 10.5. The molecule has 10 nitrogen and oxygen atoms in total. The molecule has 3 fully saturated rings. The molecule has 3 rings (SSSR count). The van der Waals surface area contributed by atoms with Crippen molar-refractivity contribution >= 4 is 0 Å². The van der Waals surface area contributed by atoms with Crippen LogP contribution >= 0.6 is 0 Å². The average Bonchev–Trinajstić information content (AvgIpc) is 2.76. The van der Waals surface area contributed by atoms with E-state index in [1.807, 2.05) is 6.92 Å². The van der Waals surface area contributed by atoms with Gasteiger partial charge in [-0.15, -0.1) is 20.2 Å². The molecule has 0 heterocycles. The molecule has 0 amide bonds. The molecule has 3 aliphatic carbocycles. The van der Waals surface area contributed by atoms with Gasteiger partial charge >= 0.3 is 0 Å². The molecule has 3 aliphatic rings. The SMILES string of the molecule is CCCC1CC(C)CC(CCCCN)(O[N+](=O)[O-])C1C(N)CC1(C)CC2CC(C)CC(C(C)O[N+](=O)[O-])(C2)C1. The molecular formula is C29H54N4O6. The Labute approximate surface area is 234 Å². The molecule has 0 aromatic rings. The van der Waals surface area contributed by atoms with Gasteiger partial charge in [-0.25, -0.2) is 0 Å². The van der Waals surface area contributed by atoms with Crippen LogP contribution in [0.15, 0.2) is 0 Å². The third kappa shape index (κ3) is 7.54. The first-order chi connectivity index (χ1) is 18.3. The minimum atomic E-state index is -0.912. The topological polar surface area (TPSA) is 157 Å². The maximum atomic E-state index is 11.9. The number of rotatable bonds is 14. The normalized spacial score (nSPS) is 39.9. The number of hydrogen-bond donors (Lipinski definition) is 2. The van der Waals surface area contributed by atoms with Gasteiger partial charge < -0.3 is 21.1 Å². The van der Waals surface area contributed by atoms with Crippen LogP contribution in [0.2, 0.25) is 0 Å². The van der Waals surface area contributed by atoms with Crippen LogP contribution in [0.25, 0.3) is 0 Å². The average molecular weight is 555 g/mol. The zero-order valence-electron chi connectivity index (χ0n) is 24.9. The van der Waals surface area contributed by atoms with Gasteiger partial charge in [0.05, 0.1) is 0 Å². The van der Waals surface area contributed by atoms with E-state index in [1.165, 1.54) is 0 Å². The van der Waals surface area contributed by atoms with Crippen LogP contribution in [0.4, 0.5) is 0 Å². The van der Waals surface area contributed by atoms with E-state index in [2.05, 4.69) is 27.7 Å². The molecule has 3 saturated carbocycles. The smallest absolute Gasteiger partial charge is 0.295 e. The number of hydrogen-bond acceptors (Lipinski definition) is 8. The predicted octanol–water partition coefficient (Wildman–Crippen LogP) is 6.06. The van der Waals surface area contributed by atoms with Gasteiger partial charge in [0, 0.05) is 12.0 Å². The molecule has 0 aromatic heterocycles. The Hall–Kier alpha value is -1.68. The van der Waals surface area contributed by atoms with Gasteiger partial charge in [0.25, 0.3) is 10.2 Å². The first-order valence-corrected chi connectivity index (χ1v) is 15.4. The third-order valence-electron chi connectivity index (χ3n) is 10.5. The predicted molar refractivity (Wildman–Crippen MR) is 150 cm³/mol. The van der Waals surface area contributed by atoms with E-state index in [1.54, 1.807) is 0 Å². The number of unbranched alkanes of at least 4 members (excludes halogenated alkanes) is 1. The molecule has 10 heteroatoms. The fourth-order valence-electron chi connectivity index (χ4n) is 10.0. The quantitative estimate of drug-likeness (QED) is 0.149. The first kappa shape index (κ1) is 31.8. The summed E-state index contributed by atoms with van der Waals surface area (Å²) in [5, 5.41) is 22.0. The molecule has 4 N–H and O–H groups in total. The van der Waals surface area contributed by atoms with E-state index < -0.39 is 21.9 Å². The number of fused-ring (bicyclic) bond motifs is 2. The van der Waals surface area contributed by atoms with Gasteiger partial charge in [0.1, 0.15) is 11.7 Å². The standard InChI is InChI=1S/C29H54N4O6/c1-6-9-24-13-21(3)15-29(39-33(36)37,10-7-8-11-30)26(24)25(31)18-27(5)16-23-12-20(2)14-28(17-23,19-27)22(4)38-32(34)35/h20-26H,6-19,30-31H2,1-5H3. The van der Waals surface area contributed by atoms with Crippen LogP contribution in [-0.4, -0.2) is 34.5 Å². The van der Waals surface area contributed by atoms with Gasteiger partial charge in [-0.1, -0.05) is 40.5 Å². The van der Waals surface area contributed by atoms with Crippen molar-refractivity contribution in [3.63, 3.8) is 0 Å². The number of nitrogens with two attached hydrogens (primary N) is 2. The second-order valence-electron chi connectivity index (χ2n) is 14.3. The molecular weight excluding hydrogens is 500 g/mol. The maximum Gasteiger partial charge on any atom is 0.295 e. The summed E-state index contributed by atoms with van der Waals surface area (Å²) in [4.78, 5) is 34.2. The van der Waals surface area contributed by atoms with E-state index in [9.17, 15) is 20.2 Å². The molecule has 0 aliphatic heterocycles. The highest BCUT2D eigenvalue weighted by Crippen LogP contribution is 2.61. The monoisotopic (exact) mass is 554 g/mol. The summed E-state index contributed by atoms with van der Waals surface area (Å²) in [6.45, 7) is 11.3. The second-order valence-corrected chi connectivity index (χ2v) is 14.3. The lowest BCUT2D eigenvalue weighted by molar-refractivity contribution is -0.786. The molecule has 0 radical (unpaired) electrons. The molecule has 0 aromatic carbocycles. The Morgan fingerprint density at radius 3 is 2.33 bits per heavy atom. The molecule has 226 valence electrons.